The first-order valence-electron chi connectivity index (χ1n) is 9.70. The van der Waals surface area contributed by atoms with Crippen LogP contribution in [0.2, 0.25) is 0 Å². The van der Waals surface area contributed by atoms with E-state index in [9.17, 15) is 9.59 Å². The van der Waals surface area contributed by atoms with Crippen LogP contribution < -0.4 is 0 Å². The van der Waals surface area contributed by atoms with Crippen molar-refractivity contribution in [2.24, 2.45) is 4.52 Å². The number of nitrogens with zero attached hydrogens (tertiary/aromatic N) is 1. The number of benzene rings is 2. The molecule has 2 aromatic carbocycles. The van der Waals surface area contributed by atoms with E-state index in [1.54, 1.807) is 13.8 Å². The van der Waals surface area contributed by atoms with Crippen LogP contribution >= 0.6 is 17.1 Å². The van der Waals surface area contributed by atoms with Gasteiger partial charge in [-0.2, -0.15) is 0 Å². The lowest BCUT2D eigenvalue weighted by Crippen LogP contribution is -2.21. The molecule has 0 aliphatic carbocycles. The number of hydrogen-bond donors (Lipinski definition) is 0. The summed E-state index contributed by atoms with van der Waals surface area (Å²) in [6, 6.07) is 19.6. The van der Waals surface area contributed by atoms with Gasteiger partial charge < -0.3 is 9.47 Å². The zero-order chi connectivity index (χ0) is 20.9. The summed E-state index contributed by atoms with van der Waals surface area (Å²) in [6.45, 7) is 4.27. The number of hydrogen-bond acceptors (Lipinski definition) is 5. The van der Waals surface area contributed by atoms with Gasteiger partial charge in [-0.25, -0.2) is 4.52 Å². The molecular weight excluding hydrogens is 404 g/mol. The molecule has 0 fully saturated rings. The van der Waals surface area contributed by atoms with Crippen molar-refractivity contribution < 1.29 is 19.1 Å². The van der Waals surface area contributed by atoms with E-state index >= 15 is 0 Å². The number of rotatable bonds is 11. The zero-order valence-corrected chi connectivity index (χ0v) is 18.7. The van der Waals surface area contributed by atoms with E-state index in [0.717, 1.165) is 11.1 Å². The van der Waals surface area contributed by atoms with E-state index in [1.807, 2.05) is 60.7 Å². The Labute approximate surface area is 175 Å². The summed E-state index contributed by atoms with van der Waals surface area (Å²) in [5.41, 5.74) is 1.40. The lowest BCUT2D eigenvalue weighted by Gasteiger charge is -2.14. The van der Waals surface area contributed by atoms with Crippen LogP contribution in [0.4, 0.5) is 0 Å². The predicted octanol–water partition coefficient (Wildman–Crippen LogP) is 5.06. The van der Waals surface area contributed by atoms with E-state index in [2.05, 4.69) is 4.52 Å². The van der Waals surface area contributed by atoms with Crippen LogP contribution in [0, 0.1) is 0 Å². The van der Waals surface area contributed by atoms with Crippen LogP contribution in [0.3, 0.4) is 0 Å². The minimum atomic E-state index is -0.385. The van der Waals surface area contributed by atoms with Crippen molar-refractivity contribution in [3.8, 4) is 0 Å². The Balaban J connectivity index is 2.08. The van der Waals surface area contributed by atoms with E-state index in [0.29, 0.717) is 34.4 Å². The highest BCUT2D eigenvalue weighted by atomic mass is 31.1. The largest absolute Gasteiger partial charge is 0.465 e. The fraction of sp³-hybridized carbons (Fsp3) is 0.364. The topological polar surface area (TPSA) is 65.0 Å². The predicted molar refractivity (Wildman–Crippen MR) is 119 cm³/mol. The van der Waals surface area contributed by atoms with Gasteiger partial charge in [-0.3, -0.25) is 9.59 Å². The van der Waals surface area contributed by atoms with E-state index in [1.165, 1.54) is 0 Å². The molecule has 0 saturated heterocycles. The fourth-order valence-electron chi connectivity index (χ4n) is 2.69. The van der Waals surface area contributed by atoms with Crippen molar-refractivity contribution in [2.45, 2.75) is 38.0 Å². The summed E-state index contributed by atoms with van der Waals surface area (Å²) >= 11 is 0. The van der Waals surface area contributed by atoms with Gasteiger partial charge >= 0.3 is 11.9 Å². The molecule has 2 rings (SSSR count). The second-order valence-corrected chi connectivity index (χ2v) is 8.91. The highest BCUT2D eigenvalue weighted by Gasteiger charge is 2.22. The van der Waals surface area contributed by atoms with Crippen molar-refractivity contribution in [3.05, 3.63) is 71.8 Å². The van der Waals surface area contributed by atoms with Gasteiger partial charge in [0.1, 0.15) is 5.66 Å². The van der Waals surface area contributed by atoms with E-state index in [-0.39, 0.29) is 32.0 Å². The van der Waals surface area contributed by atoms with Gasteiger partial charge in [0, 0.05) is 17.1 Å². The molecule has 29 heavy (non-hydrogen) atoms. The summed E-state index contributed by atoms with van der Waals surface area (Å²) in [6.07, 6.45) is 1.12. The first kappa shape index (κ1) is 23.2. The highest BCUT2D eigenvalue weighted by molar-refractivity contribution is 7.47. The molecule has 0 aliphatic heterocycles. The SMILES string of the molecule is CCOC(=O)C(Cc1ccccc1)P=NPC(Cc1ccccc1)C(=O)OCC. The first-order chi connectivity index (χ1) is 14.1. The molecular formula is C22H27NO4P2. The van der Waals surface area contributed by atoms with Crippen molar-refractivity contribution in [1.82, 2.24) is 0 Å². The third kappa shape index (κ3) is 8.43. The van der Waals surface area contributed by atoms with Crippen molar-refractivity contribution >= 4 is 29.0 Å². The van der Waals surface area contributed by atoms with Gasteiger partial charge in [-0.05, 0) is 37.8 Å². The molecule has 0 aliphatic rings. The molecule has 5 nitrogen and oxygen atoms in total. The first-order valence-corrected chi connectivity index (χ1v) is 11.6. The number of carbonyl (C=O) groups excluding carboxylic acids is 2. The van der Waals surface area contributed by atoms with Gasteiger partial charge in [0.15, 0.2) is 0 Å². The molecule has 3 unspecified atom stereocenters. The highest BCUT2D eigenvalue weighted by Crippen LogP contribution is 2.32. The van der Waals surface area contributed by atoms with Gasteiger partial charge in [0.05, 0.1) is 18.9 Å². The summed E-state index contributed by atoms with van der Waals surface area (Å²) in [7, 11) is 0.636. The Morgan fingerprint density at radius 2 is 1.38 bits per heavy atom. The lowest BCUT2D eigenvalue weighted by molar-refractivity contribution is -0.143. The number of esters is 2. The quantitative estimate of drug-likeness (QED) is 0.369. The van der Waals surface area contributed by atoms with Crippen molar-refractivity contribution in [1.29, 1.82) is 0 Å². The minimum absolute atomic E-state index is 0.0177. The number of ether oxygens (including phenoxy) is 2. The van der Waals surface area contributed by atoms with Gasteiger partial charge in [0.25, 0.3) is 0 Å². The monoisotopic (exact) mass is 431 g/mol. The van der Waals surface area contributed by atoms with Crippen molar-refractivity contribution in [3.63, 3.8) is 0 Å². The molecule has 0 saturated carbocycles. The average Bonchev–Trinajstić information content (AvgIpc) is 2.74. The molecule has 0 spiro atoms. The van der Waals surface area contributed by atoms with Gasteiger partial charge in [-0.1, -0.05) is 60.7 Å². The molecule has 0 heterocycles. The molecule has 0 aromatic heterocycles. The molecule has 0 bridgehead atoms. The number of carbonyl (C=O) groups is 2. The maximum absolute atomic E-state index is 12.4. The molecule has 0 radical (unpaired) electrons. The Hall–Kier alpha value is -2.09. The van der Waals surface area contributed by atoms with E-state index < -0.39 is 0 Å². The van der Waals surface area contributed by atoms with Gasteiger partial charge in [-0.15, -0.1) is 0 Å². The molecule has 0 N–H and O–H groups in total. The van der Waals surface area contributed by atoms with Crippen LogP contribution in [-0.4, -0.2) is 36.5 Å². The van der Waals surface area contributed by atoms with Crippen molar-refractivity contribution in [2.75, 3.05) is 13.2 Å². The van der Waals surface area contributed by atoms with Crippen LogP contribution in [0.15, 0.2) is 65.2 Å². The molecule has 7 heteroatoms. The fourth-order valence-corrected chi connectivity index (χ4v) is 5.05. The molecule has 2 aromatic rings. The third-order valence-electron chi connectivity index (χ3n) is 4.10. The molecule has 0 amide bonds. The van der Waals surface area contributed by atoms with Crippen LogP contribution in [0.5, 0.6) is 0 Å². The van der Waals surface area contributed by atoms with Crippen LogP contribution in [-0.2, 0) is 31.9 Å². The Morgan fingerprint density at radius 3 is 1.93 bits per heavy atom. The summed E-state index contributed by atoms with van der Waals surface area (Å²) in [4.78, 5) is 24.8. The Kier molecular flexibility index (Phi) is 10.5. The summed E-state index contributed by atoms with van der Waals surface area (Å²) < 4.78 is 15.0. The third-order valence-corrected chi connectivity index (χ3v) is 6.44. The molecule has 154 valence electrons. The van der Waals surface area contributed by atoms with Crippen LogP contribution in [0.25, 0.3) is 0 Å². The van der Waals surface area contributed by atoms with E-state index in [4.69, 9.17) is 9.47 Å². The zero-order valence-electron chi connectivity index (χ0n) is 16.8. The van der Waals surface area contributed by atoms with Crippen LogP contribution in [0.1, 0.15) is 25.0 Å². The molecule has 3 atom stereocenters. The second-order valence-electron chi connectivity index (χ2n) is 6.30. The summed E-state index contributed by atoms with van der Waals surface area (Å²) in [5.74, 6) is -0.508. The maximum atomic E-state index is 12.4. The van der Waals surface area contributed by atoms with Gasteiger partial charge in [0.2, 0.25) is 0 Å². The normalized spacial score (nSPS) is 13.4. The Bertz CT molecular complexity index is 784. The Morgan fingerprint density at radius 1 is 0.862 bits per heavy atom. The lowest BCUT2D eigenvalue weighted by atomic mass is 10.1. The summed E-state index contributed by atoms with van der Waals surface area (Å²) in [5, 5.41) is 0. The average molecular weight is 431 g/mol. The smallest absolute Gasteiger partial charge is 0.319 e. The standard InChI is InChI=1S/C22H27NO4P2/c1-3-26-21(24)19(15-17-11-7-5-8-12-17)28-23-29-20(22(25)27-4-2)16-18-13-9-6-10-14-18/h5-14,19-20,28H,3-4,15-16H2,1-2H3. The minimum Gasteiger partial charge on any atom is -0.465 e. The maximum Gasteiger partial charge on any atom is 0.319 e. The second kappa shape index (κ2) is 13.2.